The molecule has 0 aliphatic carbocycles. The first kappa shape index (κ1) is 17.1. The number of sulfonamides is 1. The van der Waals surface area contributed by atoms with Gasteiger partial charge in [-0.3, -0.25) is 0 Å². The van der Waals surface area contributed by atoms with Crippen molar-refractivity contribution in [3.05, 3.63) is 29.3 Å². The number of benzene rings is 1. The van der Waals surface area contributed by atoms with Crippen LogP contribution < -0.4 is 10.5 Å². The summed E-state index contributed by atoms with van der Waals surface area (Å²) in [6.45, 7) is 3.67. The van der Waals surface area contributed by atoms with Crippen LogP contribution in [-0.4, -0.2) is 41.9 Å². The largest absolute Gasteiger partial charge is 0.382 e. The van der Waals surface area contributed by atoms with Crippen LogP contribution >= 0.6 is 0 Å². The van der Waals surface area contributed by atoms with Crippen molar-refractivity contribution in [2.75, 3.05) is 33.5 Å². The summed E-state index contributed by atoms with van der Waals surface area (Å²) >= 11 is 0. The van der Waals surface area contributed by atoms with E-state index in [0.717, 1.165) is 11.1 Å². The molecule has 0 fully saturated rings. The summed E-state index contributed by atoms with van der Waals surface area (Å²) in [7, 11) is -1.94. The molecule has 6 nitrogen and oxygen atoms in total. The maximum atomic E-state index is 12.1. The molecule has 7 heteroatoms. The second-order valence-corrected chi connectivity index (χ2v) is 6.06. The fourth-order valence-corrected chi connectivity index (χ4v) is 2.67. The molecule has 0 unspecified atom stereocenters. The van der Waals surface area contributed by atoms with Gasteiger partial charge in [0.2, 0.25) is 10.0 Å². The molecule has 20 heavy (non-hydrogen) atoms. The zero-order valence-corrected chi connectivity index (χ0v) is 12.7. The van der Waals surface area contributed by atoms with Gasteiger partial charge in [0.15, 0.2) is 0 Å². The van der Waals surface area contributed by atoms with E-state index in [1.807, 2.05) is 6.92 Å². The Morgan fingerprint density at radius 2 is 2.00 bits per heavy atom. The molecule has 0 saturated carbocycles. The number of aryl methyl sites for hydroxylation is 1. The first-order chi connectivity index (χ1) is 9.51. The lowest BCUT2D eigenvalue weighted by Gasteiger charge is -2.10. The molecule has 0 aromatic heterocycles. The van der Waals surface area contributed by atoms with Crippen molar-refractivity contribution in [1.82, 2.24) is 4.72 Å². The smallest absolute Gasteiger partial charge is 0.240 e. The first-order valence-electron chi connectivity index (χ1n) is 6.37. The van der Waals surface area contributed by atoms with Gasteiger partial charge in [0.25, 0.3) is 0 Å². The zero-order chi connectivity index (χ0) is 15.0. The molecule has 0 heterocycles. The summed E-state index contributed by atoms with van der Waals surface area (Å²) in [5.74, 6) is 0. The van der Waals surface area contributed by atoms with Crippen molar-refractivity contribution in [3.8, 4) is 0 Å². The summed E-state index contributed by atoms with van der Waals surface area (Å²) in [4.78, 5) is 0.223. The standard InChI is InChI=1S/C13H22N2O4S/c1-11-3-4-13(9-12(11)10-14)20(16,17)15-5-6-19-8-7-18-2/h3-4,9,15H,5-8,10,14H2,1-2H3. The molecule has 0 atom stereocenters. The Morgan fingerprint density at radius 3 is 2.65 bits per heavy atom. The molecule has 1 rings (SSSR count). The van der Waals surface area contributed by atoms with Gasteiger partial charge in [-0.05, 0) is 30.2 Å². The number of hydrogen-bond donors (Lipinski definition) is 2. The van der Waals surface area contributed by atoms with E-state index in [4.69, 9.17) is 15.2 Å². The van der Waals surface area contributed by atoms with Crippen LogP contribution in [0, 0.1) is 6.92 Å². The van der Waals surface area contributed by atoms with Crippen LogP contribution in [0.2, 0.25) is 0 Å². The van der Waals surface area contributed by atoms with E-state index in [0.29, 0.717) is 26.4 Å². The van der Waals surface area contributed by atoms with Crippen LogP contribution in [0.15, 0.2) is 23.1 Å². The fraction of sp³-hybridized carbons (Fsp3) is 0.538. The first-order valence-corrected chi connectivity index (χ1v) is 7.85. The van der Waals surface area contributed by atoms with Gasteiger partial charge < -0.3 is 15.2 Å². The van der Waals surface area contributed by atoms with Gasteiger partial charge in [-0.25, -0.2) is 13.1 Å². The average molecular weight is 302 g/mol. The van der Waals surface area contributed by atoms with Gasteiger partial charge >= 0.3 is 0 Å². The molecule has 0 radical (unpaired) electrons. The minimum absolute atomic E-state index is 0.220. The van der Waals surface area contributed by atoms with E-state index >= 15 is 0 Å². The second kappa shape index (κ2) is 8.33. The van der Waals surface area contributed by atoms with Crippen molar-refractivity contribution < 1.29 is 17.9 Å². The highest BCUT2D eigenvalue weighted by atomic mass is 32.2. The quantitative estimate of drug-likeness (QED) is 0.644. The number of methoxy groups -OCH3 is 1. The number of rotatable bonds is 9. The number of nitrogens with one attached hydrogen (secondary N) is 1. The van der Waals surface area contributed by atoms with Crippen LogP contribution in [0.5, 0.6) is 0 Å². The van der Waals surface area contributed by atoms with Gasteiger partial charge in [0, 0.05) is 20.2 Å². The van der Waals surface area contributed by atoms with Gasteiger partial charge in [-0.1, -0.05) is 6.07 Å². The molecular formula is C13H22N2O4S. The van der Waals surface area contributed by atoms with Gasteiger partial charge in [-0.15, -0.1) is 0 Å². The number of hydrogen-bond acceptors (Lipinski definition) is 5. The normalized spacial score (nSPS) is 11.8. The van der Waals surface area contributed by atoms with E-state index in [1.54, 1.807) is 25.3 Å². The predicted octanol–water partition coefficient (Wildman–Crippen LogP) is 0.395. The molecule has 0 bridgehead atoms. The molecule has 3 N–H and O–H groups in total. The molecule has 0 saturated heterocycles. The second-order valence-electron chi connectivity index (χ2n) is 4.30. The Kier molecular flexibility index (Phi) is 7.11. The van der Waals surface area contributed by atoms with E-state index in [-0.39, 0.29) is 11.4 Å². The minimum atomic E-state index is -3.52. The van der Waals surface area contributed by atoms with E-state index in [9.17, 15) is 8.42 Å². The molecule has 0 spiro atoms. The summed E-state index contributed by atoms with van der Waals surface area (Å²) in [5, 5.41) is 0. The van der Waals surface area contributed by atoms with Crippen LogP contribution in [0.3, 0.4) is 0 Å². The summed E-state index contributed by atoms with van der Waals surface area (Å²) in [6, 6.07) is 4.93. The van der Waals surface area contributed by atoms with Crippen LogP contribution in [-0.2, 0) is 26.0 Å². The van der Waals surface area contributed by atoms with Gasteiger partial charge in [-0.2, -0.15) is 0 Å². The SMILES string of the molecule is COCCOCCNS(=O)(=O)c1ccc(C)c(CN)c1. The molecule has 114 valence electrons. The third-order valence-corrected chi connectivity index (χ3v) is 4.28. The maximum absolute atomic E-state index is 12.1. The van der Waals surface area contributed by atoms with Crippen molar-refractivity contribution in [3.63, 3.8) is 0 Å². The van der Waals surface area contributed by atoms with E-state index in [2.05, 4.69) is 4.72 Å². The lowest BCUT2D eigenvalue weighted by Crippen LogP contribution is -2.28. The number of nitrogens with two attached hydrogens (primary N) is 1. The van der Waals surface area contributed by atoms with Crippen molar-refractivity contribution in [2.45, 2.75) is 18.4 Å². The monoisotopic (exact) mass is 302 g/mol. The van der Waals surface area contributed by atoms with E-state index < -0.39 is 10.0 Å². The Hall–Kier alpha value is -0.990. The van der Waals surface area contributed by atoms with E-state index in [1.165, 1.54) is 0 Å². The molecule has 0 aliphatic heterocycles. The van der Waals surface area contributed by atoms with Gasteiger partial charge in [0.05, 0.1) is 24.7 Å². The van der Waals surface area contributed by atoms with Crippen LogP contribution in [0.1, 0.15) is 11.1 Å². The topological polar surface area (TPSA) is 90.6 Å². The summed E-state index contributed by atoms with van der Waals surface area (Å²) in [6.07, 6.45) is 0. The lowest BCUT2D eigenvalue weighted by molar-refractivity contribution is 0.0736. The van der Waals surface area contributed by atoms with Crippen LogP contribution in [0.25, 0.3) is 0 Å². The molecular weight excluding hydrogens is 280 g/mol. The summed E-state index contributed by atoms with van der Waals surface area (Å²) < 4.78 is 36.6. The Bertz CT molecular complexity index is 517. The number of ether oxygens (including phenoxy) is 2. The van der Waals surface area contributed by atoms with Crippen molar-refractivity contribution in [2.24, 2.45) is 5.73 Å². The molecule has 0 aliphatic rings. The molecule has 1 aromatic carbocycles. The van der Waals surface area contributed by atoms with Gasteiger partial charge in [0.1, 0.15) is 0 Å². The third-order valence-electron chi connectivity index (χ3n) is 2.82. The van der Waals surface area contributed by atoms with Crippen LogP contribution in [0.4, 0.5) is 0 Å². The average Bonchev–Trinajstić information content (AvgIpc) is 2.43. The highest BCUT2D eigenvalue weighted by Crippen LogP contribution is 2.14. The molecule has 1 aromatic rings. The Balaban J connectivity index is 2.56. The predicted molar refractivity (Wildman–Crippen MR) is 77.0 cm³/mol. The fourth-order valence-electron chi connectivity index (χ4n) is 1.61. The highest BCUT2D eigenvalue weighted by Gasteiger charge is 2.14. The minimum Gasteiger partial charge on any atom is -0.382 e. The highest BCUT2D eigenvalue weighted by molar-refractivity contribution is 7.89. The zero-order valence-electron chi connectivity index (χ0n) is 11.9. The Labute approximate surface area is 120 Å². The van der Waals surface area contributed by atoms with Crippen molar-refractivity contribution >= 4 is 10.0 Å². The van der Waals surface area contributed by atoms with Crippen molar-refractivity contribution in [1.29, 1.82) is 0 Å². The maximum Gasteiger partial charge on any atom is 0.240 e. The lowest BCUT2D eigenvalue weighted by atomic mass is 10.1. The third kappa shape index (κ3) is 5.18. The summed E-state index contributed by atoms with van der Waals surface area (Å²) in [5.41, 5.74) is 7.39. The molecule has 0 amide bonds. The Morgan fingerprint density at radius 1 is 1.25 bits per heavy atom.